The maximum atomic E-state index is 12.2. The monoisotopic (exact) mass is 266 g/mol. The second-order valence-electron chi connectivity index (χ2n) is 6.46. The van der Waals surface area contributed by atoms with Crippen LogP contribution in [0, 0.1) is 5.92 Å². The van der Waals surface area contributed by atoms with E-state index in [-0.39, 0.29) is 0 Å². The molecule has 0 aromatic heterocycles. The third kappa shape index (κ3) is 5.13. The first-order valence-electron chi connectivity index (χ1n) is 8.23. The van der Waals surface area contributed by atoms with Crippen molar-refractivity contribution in [3.63, 3.8) is 0 Å². The van der Waals surface area contributed by atoms with Gasteiger partial charge in [-0.2, -0.15) is 0 Å². The smallest absolute Gasteiger partial charge is 0.222 e. The van der Waals surface area contributed by atoms with Crippen LogP contribution in [-0.2, 0) is 4.79 Å². The zero-order chi connectivity index (χ0) is 13.5. The average Bonchev–Trinajstić information content (AvgIpc) is 2.47. The highest BCUT2D eigenvalue weighted by atomic mass is 16.2. The Bertz CT molecular complexity index is 268. The number of carbonyl (C=O) groups excluding carboxylic acids is 1. The maximum absolute atomic E-state index is 12.2. The van der Waals surface area contributed by atoms with E-state index in [2.05, 4.69) is 5.32 Å². The predicted octanol–water partition coefficient (Wildman–Crippen LogP) is 2.95. The van der Waals surface area contributed by atoms with E-state index in [1.54, 1.807) is 0 Å². The lowest BCUT2D eigenvalue weighted by Crippen LogP contribution is -2.44. The minimum absolute atomic E-state index is 0.345. The SMILES string of the molecule is CN(CC1CCCCN1)C(=O)CCC1CCCCC1. The molecule has 0 aromatic carbocycles. The van der Waals surface area contributed by atoms with Crippen LogP contribution in [0.2, 0.25) is 0 Å². The Balaban J connectivity index is 1.63. The Labute approximate surface area is 118 Å². The quantitative estimate of drug-likeness (QED) is 0.830. The minimum atomic E-state index is 0.345. The van der Waals surface area contributed by atoms with E-state index in [0.717, 1.165) is 31.8 Å². The topological polar surface area (TPSA) is 32.3 Å². The van der Waals surface area contributed by atoms with Crippen molar-refractivity contribution in [1.82, 2.24) is 10.2 Å². The van der Waals surface area contributed by atoms with Crippen molar-refractivity contribution >= 4 is 5.91 Å². The van der Waals surface area contributed by atoms with Gasteiger partial charge in [0.2, 0.25) is 5.91 Å². The summed E-state index contributed by atoms with van der Waals surface area (Å²) in [6.07, 6.45) is 12.5. The van der Waals surface area contributed by atoms with Crippen molar-refractivity contribution in [2.24, 2.45) is 5.92 Å². The zero-order valence-corrected chi connectivity index (χ0v) is 12.5. The van der Waals surface area contributed by atoms with Gasteiger partial charge in [-0.05, 0) is 31.7 Å². The number of nitrogens with one attached hydrogen (secondary N) is 1. The summed E-state index contributed by atoms with van der Waals surface area (Å²) < 4.78 is 0. The summed E-state index contributed by atoms with van der Waals surface area (Å²) >= 11 is 0. The molecule has 1 N–H and O–H groups in total. The maximum Gasteiger partial charge on any atom is 0.222 e. The third-order valence-electron chi connectivity index (χ3n) is 4.82. The van der Waals surface area contributed by atoms with Gasteiger partial charge in [-0.25, -0.2) is 0 Å². The Morgan fingerprint density at radius 3 is 2.53 bits per heavy atom. The molecule has 1 aliphatic heterocycles. The van der Waals surface area contributed by atoms with Crippen molar-refractivity contribution < 1.29 is 4.79 Å². The van der Waals surface area contributed by atoms with Crippen molar-refractivity contribution in [2.45, 2.75) is 70.3 Å². The summed E-state index contributed by atoms with van der Waals surface area (Å²) in [6, 6.07) is 0.525. The van der Waals surface area contributed by atoms with Gasteiger partial charge in [0.15, 0.2) is 0 Å². The van der Waals surface area contributed by atoms with E-state index in [0.29, 0.717) is 11.9 Å². The number of amides is 1. The van der Waals surface area contributed by atoms with Gasteiger partial charge in [-0.3, -0.25) is 4.79 Å². The molecule has 110 valence electrons. The zero-order valence-electron chi connectivity index (χ0n) is 12.5. The van der Waals surface area contributed by atoms with E-state index in [9.17, 15) is 4.79 Å². The molecule has 0 aromatic rings. The van der Waals surface area contributed by atoms with Crippen LogP contribution < -0.4 is 5.32 Å². The molecule has 2 fully saturated rings. The fourth-order valence-corrected chi connectivity index (χ4v) is 3.51. The number of hydrogen-bond acceptors (Lipinski definition) is 2. The first-order chi connectivity index (χ1) is 9.25. The molecule has 1 saturated carbocycles. The minimum Gasteiger partial charge on any atom is -0.344 e. The summed E-state index contributed by atoms with van der Waals surface area (Å²) in [5.41, 5.74) is 0. The molecule has 2 aliphatic rings. The van der Waals surface area contributed by atoms with E-state index in [4.69, 9.17) is 0 Å². The molecule has 3 heteroatoms. The highest BCUT2D eigenvalue weighted by molar-refractivity contribution is 5.75. The van der Waals surface area contributed by atoms with Crippen LogP contribution in [0.25, 0.3) is 0 Å². The second kappa shape index (κ2) is 7.88. The Morgan fingerprint density at radius 2 is 1.84 bits per heavy atom. The lowest BCUT2D eigenvalue weighted by molar-refractivity contribution is -0.130. The lowest BCUT2D eigenvalue weighted by Gasteiger charge is -2.29. The van der Waals surface area contributed by atoms with Crippen molar-refractivity contribution in [2.75, 3.05) is 20.1 Å². The summed E-state index contributed by atoms with van der Waals surface area (Å²) in [6.45, 7) is 2.01. The molecule has 1 amide bonds. The molecule has 0 radical (unpaired) electrons. The van der Waals surface area contributed by atoms with Gasteiger partial charge >= 0.3 is 0 Å². The van der Waals surface area contributed by atoms with Gasteiger partial charge in [0.25, 0.3) is 0 Å². The summed E-state index contributed by atoms with van der Waals surface area (Å²) in [5, 5.41) is 3.52. The molecule has 1 aliphatic carbocycles. The third-order valence-corrected chi connectivity index (χ3v) is 4.82. The number of likely N-dealkylation sites (N-methyl/N-ethyl adjacent to an activating group) is 1. The number of piperidine rings is 1. The lowest BCUT2D eigenvalue weighted by atomic mass is 9.86. The van der Waals surface area contributed by atoms with Crippen LogP contribution in [0.4, 0.5) is 0 Å². The number of hydrogen-bond donors (Lipinski definition) is 1. The van der Waals surface area contributed by atoms with Gasteiger partial charge in [-0.15, -0.1) is 0 Å². The summed E-state index contributed by atoms with van der Waals surface area (Å²) in [7, 11) is 1.97. The van der Waals surface area contributed by atoms with Gasteiger partial charge < -0.3 is 10.2 Å². The largest absolute Gasteiger partial charge is 0.344 e. The average molecular weight is 266 g/mol. The van der Waals surface area contributed by atoms with Crippen molar-refractivity contribution in [3.8, 4) is 0 Å². The summed E-state index contributed by atoms with van der Waals surface area (Å²) in [5.74, 6) is 1.16. The molecule has 0 spiro atoms. The molecule has 1 heterocycles. The molecule has 1 atom stereocenters. The van der Waals surface area contributed by atoms with Crippen LogP contribution in [0.1, 0.15) is 64.2 Å². The summed E-state index contributed by atoms with van der Waals surface area (Å²) in [4.78, 5) is 14.1. The van der Waals surface area contributed by atoms with Crippen LogP contribution >= 0.6 is 0 Å². The standard InChI is InChI=1S/C16H30N2O/c1-18(13-15-9-5-6-12-17-15)16(19)11-10-14-7-3-2-4-8-14/h14-15,17H,2-13H2,1H3. The number of nitrogens with zero attached hydrogens (tertiary/aromatic N) is 1. The van der Waals surface area contributed by atoms with Gasteiger partial charge in [0.1, 0.15) is 0 Å². The molecule has 1 saturated heterocycles. The first kappa shape index (κ1) is 14.8. The highest BCUT2D eigenvalue weighted by Gasteiger charge is 2.19. The van der Waals surface area contributed by atoms with E-state index in [1.807, 2.05) is 11.9 Å². The van der Waals surface area contributed by atoms with E-state index >= 15 is 0 Å². The first-order valence-corrected chi connectivity index (χ1v) is 8.23. The Morgan fingerprint density at radius 1 is 1.11 bits per heavy atom. The van der Waals surface area contributed by atoms with Crippen molar-refractivity contribution in [3.05, 3.63) is 0 Å². The van der Waals surface area contributed by atoms with Crippen LogP contribution in [0.15, 0.2) is 0 Å². The fraction of sp³-hybridized carbons (Fsp3) is 0.938. The van der Waals surface area contributed by atoms with Gasteiger partial charge in [0, 0.05) is 26.1 Å². The molecular weight excluding hydrogens is 236 g/mol. The van der Waals surface area contributed by atoms with Gasteiger partial charge in [0.05, 0.1) is 0 Å². The fourth-order valence-electron chi connectivity index (χ4n) is 3.51. The Hall–Kier alpha value is -0.570. The molecule has 0 bridgehead atoms. The van der Waals surface area contributed by atoms with Gasteiger partial charge in [-0.1, -0.05) is 38.5 Å². The number of carbonyl (C=O) groups is 1. The molecule has 3 nitrogen and oxygen atoms in total. The van der Waals surface area contributed by atoms with E-state index < -0.39 is 0 Å². The normalized spacial score (nSPS) is 25.2. The Kier molecular flexibility index (Phi) is 6.15. The molecule has 19 heavy (non-hydrogen) atoms. The molecular formula is C16H30N2O. The van der Waals surface area contributed by atoms with Crippen molar-refractivity contribution in [1.29, 1.82) is 0 Å². The van der Waals surface area contributed by atoms with E-state index in [1.165, 1.54) is 51.4 Å². The molecule has 1 unspecified atom stereocenters. The van der Waals surface area contributed by atoms with Crippen LogP contribution in [-0.4, -0.2) is 37.0 Å². The van der Waals surface area contributed by atoms with Crippen LogP contribution in [0.5, 0.6) is 0 Å². The highest BCUT2D eigenvalue weighted by Crippen LogP contribution is 2.27. The number of rotatable bonds is 5. The predicted molar refractivity (Wildman–Crippen MR) is 79.1 cm³/mol. The second-order valence-corrected chi connectivity index (χ2v) is 6.46. The molecule has 2 rings (SSSR count). The van der Waals surface area contributed by atoms with Crippen LogP contribution in [0.3, 0.4) is 0 Å².